The lowest BCUT2D eigenvalue weighted by Crippen LogP contribution is -2.55. The van der Waals surface area contributed by atoms with E-state index in [1.54, 1.807) is 12.0 Å². The minimum atomic E-state index is -2.79. The number of aliphatic hydroxyl groups is 1. The number of para-hydroxylation sites is 1. The molecule has 254 valence electrons. The molecule has 3 fully saturated rings. The quantitative estimate of drug-likeness (QED) is 0.303. The van der Waals surface area contributed by atoms with Crippen molar-refractivity contribution in [2.45, 2.75) is 68.6 Å². The summed E-state index contributed by atoms with van der Waals surface area (Å²) in [6, 6.07) is 23.7. The summed E-state index contributed by atoms with van der Waals surface area (Å²) in [6.07, 6.45) is 1.38. The highest BCUT2D eigenvalue weighted by Gasteiger charge is 2.66. The molecule has 3 aromatic carbocycles. The summed E-state index contributed by atoms with van der Waals surface area (Å²) in [7, 11) is -1.19. The lowest BCUT2D eigenvalue weighted by Gasteiger charge is -2.39. The number of fused-ring (bicyclic) bond motifs is 2. The number of ether oxygens (including phenoxy) is 2. The first-order valence-corrected chi connectivity index (χ1v) is 20.0. The molecular weight excluding hydrogens is 625 g/mol. The third kappa shape index (κ3) is 5.06. The maximum absolute atomic E-state index is 14.7. The Morgan fingerprint density at radius 1 is 0.979 bits per heavy atom. The molecule has 4 aliphatic rings. The number of piperidine rings is 1. The molecule has 0 aliphatic carbocycles. The number of hydrogen-bond acceptors (Lipinski definition) is 8. The minimum Gasteiger partial charge on any atom is -0.497 e. The monoisotopic (exact) mass is 670 g/mol. The molecule has 10 nitrogen and oxygen atoms in total. The summed E-state index contributed by atoms with van der Waals surface area (Å²) in [5, 5.41) is 13.3. The van der Waals surface area contributed by atoms with Crippen LogP contribution in [0.15, 0.2) is 72.8 Å². The first-order chi connectivity index (χ1) is 23.0. The van der Waals surface area contributed by atoms with E-state index in [4.69, 9.17) is 9.47 Å². The molecule has 3 aromatic rings. The van der Waals surface area contributed by atoms with E-state index < -0.39 is 25.6 Å². The molecule has 0 bridgehead atoms. The summed E-state index contributed by atoms with van der Waals surface area (Å²) in [5.74, 6) is 0.251. The highest BCUT2D eigenvalue weighted by molar-refractivity contribution is 6.71. The normalized spacial score (nSPS) is 26.6. The number of rotatable bonds is 8. The predicted octanol–water partition coefficient (Wildman–Crippen LogP) is 4.36. The van der Waals surface area contributed by atoms with Crippen molar-refractivity contribution in [3.05, 3.63) is 83.9 Å². The zero-order chi connectivity index (χ0) is 33.8. The van der Waals surface area contributed by atoms with Gasteiger partial charge in [0, 0.05) is 35.0 Å². The molecule has 11 heteroatoms. The largest absolute Gasteiger partial charge is 0.497 e. The van der Waals surface area contributed by atoms with Gasteiger partial charge in [-0.1, -0.05) is 37.3 Å². The Morgan fingerprint density at radius 3 is 2.33 bits per heavy atom. The topological polar surface area (TPSA) is 115 Å². The SMILES string of the molecule is COc1ccc2c(c1)[C@@]1(O[C@H](CCO)[C@@H]([Si](C)(C)O)[C@@H]1C)C(=O)N2Cc1ccc(N2CN(c3ccccc3)C3(CCNCC3)C2=O)cc1. The van der Waals surface area contributed by atoms with Crippen LogP contribution >= 0.6 is 0 Å². The number of nitrogens with zero attached hydrogens (tertiary/aromatic N) is 3. The van der Waals surface area contributed by atoms with Crippen LogP contribution in [0.3, 0.4) is 0 Å². The van der Waals surface area contributed by atoms with Crippen molar-refractivity contribution < 1.29 is 29.0 Å². The number of methoxy groups -OCH3 is 1. The lowest BCUT2D eigenvalue weighted by atomic mass is 9.82. The van der Waals surface area contributed by atoms with Crippen LogP contribution in [0.4, 0.5) is 17.1 Å². The van der Waals surface area contributed by atoms with E-state index in [1.165, 1.54) is 0 Å². The van der Waals surface area contributed by atoms with E-state index in [0.29, 0.717) is 25.4 Å². The van der Waals surface area contributed by atoms with Crippen LogP contribution in [0, 0.1) is 5.92 Å². The zero-order valence-electron chi connectivity index (χ0n) is 28.2. The van der Waals surface area contributed by atoms with Crippen LogP contribution in [-0.2, 0) is 26.5 Å². The Morgan fingerprint density at radius 2 is 1.69 bits per heavy atom. The van der Waals surface area contributed by atoms with Crippen LogP contribution in [0.2, 0.25) is 18.6 Å². The Labute approximate surface area is 283 Å². The number of benzene rings is 3. The molecule has 0 aromatic heterocycles. The number of nitrogens with one attached hydrogen (secondary N) is 1. The van der Waals surface area contributed by atoms with Gasteiger partial charge >= 0.3 is 0 Å². The fraction of sp³-hybridized carbons (Fsp3) is 0.459. The second-order valence-corrected chi connectivity index (χ2v) is 18.2. The first-order valence-electron chi connectivity index (χ1n) is 17.0. The van der Waals surface area contributed by atoms with E-state index in [0.717, 1.165) is 54.1 Å². The molecule has 0 radical (unpaired) electrons. The standard InChI is InChI=1S/C37H46N4O6Si/c1-25-33(48(3,4)45)32(16-21-42)47-37(25)30-22-29(46-2)14-15-31(30)39(35(37)44)23-26-10-12-27(13-11-26)40-24-41(28-8-6-5-7-9-28)36(34(40)43)17-19-38-20-18-36/h5-15,22,25,32-33,38,42,45H,16-21,23-24H2,1-4H3/t25-,32+,33-,37+/m0/s1. The van der Waals surface area contributed by atoms with Crippen molar-refractivity contribution in [2.24, 2.45) is 5.92 Å². The number of carbonyl (C=O) groups is 2. The summed E-state index contributed by atoms with van der Waals surface area (Å²) in [4.78, 5) is 46.1. The third-order valence-corrected chi connectivity index (χ3v) is 13.6. The second-order valence-electron chi connectivity index (χ2n) is 14.2. The number of hydrogen-bond donors (Lipinski definition) is 3. The van der Waals surface area contributed by atoms with Gasteiger partial charge in [0.05, 0.1) is 32.1 Å². The molecule has 0 saturated carbocycles. The number of carbonyl (C=O) groups excluding carboxylic acids is 2. The van der Waals surface area contributed by atoms with Gasteiger partial charge in [0.25, 0.3) is 11.8 Å². The van der Waals surface area contributed by atoms with Gasteiger partial charge in [-0.15, -0.1) is 0 Å². The van der Waals surface area contributed by atoms with Crippen molar-refractivity contribution in [2.75, 3.05) is 48.2 Å². The number of aliphatic hydroxyl groups excluding tert-OH is 1. The van der Waals surface area contributed by atoms with Crippen LogP contribution in [0.5, 0.6) is 5.75 Å². The minimum absolute atomic E-state index is 0.0930. The van der Waals surface area contributed by atoms with Crippen LogP contribution in [0.25, 0.3) is 0 Å². The van der Waals surface area contributed by atoms with Crippen LogP contribution < -0.4 is 24.8 Å². The van der Waals surface area contributed by atoms with Gasteiger partial charge in [-0.05, 0) is 93.5 Å². The Bertz CT molecular complexity index is 1680. The average molecular weight is 671 g/mol. The van der Waals surface area contributed by atoms with Crippen molar-refractivity contribution >= 4 is 37.2 Å². The third-order valence-electron chi connectivity index (χ3n) is 11.1. The first kappa shape index (κ1) is 32.8. The zero-order valence-corrected chi connectivity index (χ0v) is 29.2. The Kier molecular flexibility index (Phi) is 8.40. The fourth-order valence-electron chi connectivity index (χ4n) is 8.87. The summed E-state index contributed by atoms with van der Waals surface area (Å²) in [5.41, 5.74) is 2.14. The maximum Gasteiger partial charge on any atom is 0.264 e. The summed E-state index contributed by atoms with van der Waals surface area (Å²) >= 11 is 0. The highest BCUT2D eigenvalue weighted by atomic mass is 28.4. The van der Waals surface area contributed by atoms with Gasteiger partial charge in [-0.3, -0.25) is 14.5 Å². The molecule has 4 aliphatic heterocycles. The van der Waals surface area contributed by atoms with Gasteiger partial charge in [0.2, 0.25) is 0 Å². The van der Waals surface area contributed by atoms with Gasteiger partial charge < -0.3 is 34.5 Å². The number of anilines is 3. The molecular formula is C37H46N4O6Si. The van der Waals surface area contributed by atoms with Gasteiger partial charge in [0.15, 0.2) is 13.9 Å². The molecule has 2 spiro atoms. The van der Waals surface area contributed by atoms with E-state index in [2.05, 4.69) is 22.3 Å². The van der Waals surface area contributed by atoms with Crippen LogP contribution in [0.1, 0.15) is 37.3 Å². The van der Waals surface area contributed by atoms with E-state index in [-0.39, 0.29) is 29.9 Å². The van der Waals surface area contributed by atoms with Crippen molar-refractivity contribution in [1.82, 2.24) is 5.32 Å². The molecule has 3 N–H and O–H groups in total. The molecule has 3 saturated heterocycles. The van der Waals surface area contributed by atoms with Gasteiger partial charge in [0.1, 0.15) is 11.3 Å². The van der Waals surface area contributed by atoms with Crippen molar-refractivity contribution in [1.29, 1.82) is 0 Å². The second kappa shape index (κ2) is 12.3. The smallest absolute Gasteiger partial charge is 0.264 e. The Balaban J connectivity index is 1.19. The average Bonchev–Trinajstić information content (AvgIpc) is 3.63. The molecule has 48 heavy (non-hydrogen) atoms. The summed E-state index contributed by atoms with van der Waals surface area (Å²) in [6.45, 7) is 8.03. The van der Waals surface area contributed by atoms with E-state index in [9.17, 15) is 19.5 Å². The fourth-order valence-corrected chi connectivity index (χ4v) is 11.5. The number of amides is 2. The highest BCUT2D eigenvalue weighted by Crippen LogP contribution is 2.60. The van der Waals surface area contributed by atoms with Crippen molar-refractivity contribution in [3.63, 3.8) is 0 Å². The van der Waals surface area contributed by atoms with Gasteiger partial charge in [-0.2, -0.15) is 0 Å². The predicted molar refractivity (Wildman–Crippen MR) is 188 cm³/mol. The van der Waals surface area contributed by atoms with Gasteiger partial charge in [-0.25, -0.2) is 0 Å². The van der Waals surface area contributed by atoms with Crippen LogP contribution in [-0.4, -0.2) is 75.2 Å². The molecule has 0 unspecified atom stereocenters. The lowest BCUT2D eigenvalue weighted by molar-refractivity contribution is -0.146. The van der Waals surface area contributed by atoms with E-state index in [1.807, 2.05) is 85.6 Å². The van der Waals surface area contributed by atoms with Crippen molar-refractivity contribution in [3.8, 4) is 5.75 Å². The summed E-state index contributed by atoms with van der Waals surface area (Å²) < 4.78 is 12.3. The Hall–Kier alpha value is -3.74. The maximum atomic E-state index is 14.7. The molecule has 7 rings (SSSR count). The molecule has 4 atom stereocenters. The van der Waals surface area contributed by atoms with E-state index >= 15 is 0 Å². The molecule has 2 amide bonds. The molecule has 4 heterocycles.